The van der Waals surface area contributed by atoms with Gasteiger partial charge in [-0.1, -0.05) is 12.2 Å². The van der Waals surface area contributed by atoms with E-state index in [0.29, 0.717) is 5.57 Å². The standard InChI is InChI=1S/C9H10O4/c1-12-6-3-2-5-4-7(10)13-9(5)8(6)11/h2-4,6,8-9,11H,1H3. The molecule has 0 fully saturated rings. The lowest BCUT2D eigenvalue weighted by molar-refractivity contribution is -0.146. The lowest BCUT2D eigenvalue weighted by atomic mass is 9.95. The average molecular weight is 182 g/mol. The number of ether oxygens (including phenoxy) is 2. The highest BCUT2D eigenvalue weighted by molar-refractivity contribution is 5.87. The molecular formula is C9H10O4. The number of rotatable bonds is 1. The molecule has 0 aromatic rings. The summed E-state index contributed by atoms with van der Waals surface area (Å²) < 4.78 is 9.89. The first kappa shape index (κ1) is 8.47. The van der Waals surface area contributed by atoms with Gasteiger partial charge < -0.3 is 14.6 Å². The topological polar surface area (TPSA) is 55.8 Å². The van der Waals surface area contributed by atoms with Crippen LogP contribution in [0.25, 0.3) is 0 Å². The van der Waals surface area contributed by atoms with Crippen LogP contribution in [0.2, 0.25) is 0 Å². The molecule has 0 saturated carbocycles. The van der Waals surface area contributed by atoms with Crippen LogP contribution in [0, 0.1) is 0 Å². The fourth-order valence-electron chi connectivity index (χ4n) is 1.57. The van der Waals surface area contributed by atoms with Gasteiger partial charge in [-0.2, -0.15) is 0 Å². The second kappa shape index (κ2) is 2.97. The van der Waals surface area contributed by atoms with E-state index in [1.165, 1.54) is 13.2 Å². The van der Waals surface area contributed by atoms with Crippen molar-refractivity contribution in [1.82, 2.24) is 0 Å². The maximum absolute atomic E-state index is 10.9. The Morgan fingerprint density at radius 2 is 2.38 bits per heavy atom. The third kappa shape index (κ3) is 1.28. The Bertz CT molecular complexity index is 292. The van der Waals surface area contributed by atoms with Crippen LogP contribution in [0.3, 0.4) is 0 Å². The predicted molar refractivity (Wildman–Crippen MR) is 43.9 cm³/mol. The van der Waals surface area contributed by atoms with Gasteiger partial charge in [0, 0.05) is 18.8 Å². The van der Waals surface area contributed by atoms with Crippen molar-refractivity contribution in [3.8, 4) is 0 Å². The number of methoxy groups -OCH3 is 1. The molecule has 0 aromatic heterocycles. The van der Waals surface area contributed by atoms with Gasteiger partial charge in [-0.05, 0) is 0 Å². The molecule has 4 nitrogen and oxygen atoms in total. The van der Waals surface area contributed by atoms with Crippen LogP contribution in [0.15, 0.2) is 23.8 Å². The third-order valence-corrected chi connectivity index (χ3v) is 2.25. The lowest BCUT2D eigenvalue weighted by Gasteiger charge is -2.27. The first-order chi connectivity index (χ1) is 6.22. The van der Waals surface area contributed by atoms with Crippen LogP contribution >= 0.6 is 0 Å². The van der Waals surface area contributed by atoms with E-state index in [0.717, 1.165) is 0 Å². The summed E-state index contributed by atoms with van der Waals surface area (Å²) in [7, 11) is 1.50. The van der Waals surface area contributed by atoms with Gasteiger partial charge in [-0.25, -0.2) is 4.79 Å². The van der Waals surface area contributed by atoms with Crippen molar-refractivity contribution in [3.05, 3.63) is 23.8 Å². The van der Waals surface area contributed by atoms with Crippen LogP contribution in [-0.2, 0) is 14.3 Å². The summed E-state index contributed by atoms with van der Waals surface area (Å²) in [5, 5.41) is 9.66. The molecule has 1 aliphatic heterocycles. The van der Waals surface area contributed by atoms with E-state index in [1.807, 2.05) is 0 Å². The summed E-state index contributed by atoms with van der Waals surface area (Å²) in [5.74, 6) is -0.402. The molecule has 2 rings (SSSR count). The first-order valence-electron chi connectivity index (χ1n) is 4.03. The molecule has 3 atom stereocenters. The summed E-state index contributed by atoms with van der Waals surface area (Å²) in [4.78, 5) is 10.9. The highest BCUT2D eigenvalue weighted by Crippen LogP contribution is 2.27. The van der Waals surface area contributed by atoms with Crippen molar-refractivity contribution in [1.29, 1.82) is 0 Å². The number of hydrogen-bond acceptors (Lipinski definition) is 4. The number of aliphatic hydroxyl groups excluding tert-OH is 1. The minimum Gasteiger partial charge on any atom is -0.451 e. The van der Waals surface area contributed by atoms with Crippen molar-refractivity contribution in [2.45, 2.75) is 18.3 Å². The quantitative estimate of drug-likeness (QED) is 0.570. The van der Waals surface area contributed by atoms with Crippen LogP contribution < -0.4 is 0 Å². The summed E-state index contributed by atoms with van der Waals surface area (Å²) in [6, 6.07) is 0. The summed E-state index contributed by atoms with van der Waals surface area (Å²) >= 11 is 0. The number of fused-ring (bicyclic) bond motifs is 1. The summed E-state index contributed by atoms with van der Waals surface area (Å²) in [6.07, 6.45) is 3.10. The number of aliphatic hydroxyl groups is 1. The molecule has 0 radical (unpaired) electrons. The normalized spacial score (nSPS) is 36.9. The molecule has 1 N–H and O–H groups in total. The largest absolute Gasteiger partial charge is 0.451 e. The van der Waals surface area contributed by atoms with Gasteiger partial charge in [0.25, 0.3) is 0 Å². The molecule has 70 valence electrons. The highest BCUT2D eigenvalue weighted by Gasteiger charge is 2.38. The average Bonchev–Trinajstić information content (AvgIpc) is 2.47. The lowest BCUT2D eigenvalue weighted by Crippen LogP contribution is -2.41. The number of carbonyl (C=O) groups excluding carboxylic acids is 1. The molecule has 2 aliphatic rings. The monoisotopic (exact) mass is 182 g/mol. The maximum atomic E-state index is 10.9. The summed E-state index contributed by atoms with van der Waals surface area (Å²) in [6.45, 7) is 0. The molecular weight excluding hydrogens is 172 g/mol. The number of carbonyl (C=O) groups is 1. The summed E-state index contributed by atoms with van der Waals surface area (Å²) in [5.41, 5.74) is 0.714. The Morgan fingerprint density at radius 1 is 1.62 bits per heavy atom. The fraction of sp³-hybridized carbons (Fsp3) is 0.444. The number of hydrogen-bond donors (Lipinski definition) is 1. The van der Waals surface area contributed by atoms with E-state index in [1.54, 1.807) is 12.2 Å². The van der Waals surface area contributed by atoms with E-state index in [-0.39, 0.29) is 0 Å². The Morgan fingerprint density at radius 3 is 3.08 bits per heavy atom. The maximum Gasteiger partial charge on any atom is 0.331 e. The smallest absolute Gasteiger partial charge is 0.331 e. The zero-order valence-electron chi connectivity index (χ0n) is 7.14. The second-order valence-corrected chi connectivity index (χ2v) is 3.05. The molecule has 1 aliphatic carbocycles. The molecule has 0 spiro atoms. The zero-order chi connectivity index (χ0) is 9.42. The molecule has 0 aromatic carbocycles. The van der Waals surface area contributed by atoms with E-state index in [9.17, 15) is 9.90 Å². The van der Waals surface area contributed by atoms with E-state index >= 15 is 0 Å². The molecule has 0 amide bonds. The SMILES string of the molecule is COC1C=CC2=CC(=O)OC2C1O. The van der Waals surface area contributed by atoms with Gasteiger partial charge >= 0.3 is 5.97 Å². The Hall–Kier alpha value is -1.13. The van der Waals surface area contributed by atoms with Crippen LogP contribution in [-0.4, -0.2) is 36.5 Å². The van der Waals surface area contributed by atoms with Crippen molar-refractivity contribution < 1.29 is 19.4 Å². The Kier molecular flexibility index (Phi) is 1.94. The first-order valence-corrected chi connectivity index (χ1v) is 4.03. The van der Waals surface area contributed by atoms with Gasteiger partial charge in [-0.15, -0.1) is 0 Å². The fourth-order valence-corrected chi connectivity index (χ4v) is 1.57. The van der Waals surface area contributed by atoms with E-state index < -0.39 is 24.3 Å². The predicted octanol–water partition coefficient (Wildman–Crippen LogP) is -0.216. The molecule has 1 heterocycles. The van der Waals surface area contributed by atoms with Gasteiger partial charge in [0.2, 0.25) is 0 Å². The van der Waals surface area contributed by atoms with Crippen LogP contribution in [0.5, 0.6) is 0 Å². The van der Waals surface area contributed by atoms with Gasteiger partial charge in [0.1, 0.15) is 12.2 Å². The highest BCUT2D eigenvalue weighted by atomic mass is 16.6. The van der Waals surface area contributed by atoms with Crippen LogP contribution in [0.1, 0.15) is 0 Å². The van der Waals surface area contributed by atoms with Crippen molar-refractivity contribution in [2.24, 2.45) is 0 Å². The van der Waals surface area contributed by atoms with Gasteiger partial charge in [0.05, 0.1) is 0 Å². The molecule has 0 saturated heterocycles. The van der Waals surface area contributed by atoms with E-state index in [4.69, 9.17) is 9.47 Å². The minimum absolute atomic E-state index is 0.395. The Balaban J connectivity index is 2.26. The van der Waals surface area contributed by atoms with E-state index in [2.05, 4.69) is 0 Å². The molecule has 3 unspecified atom stereocenters. The molecule has 13 heavy (non-hydrogen) atoms. The minimum atomic E-state index is -0.798. The van der Waals surface area contributed by atoms with Gasteiger partial charge in [0.15, 0.2) is 6.10 Å². The number of esters is 1. The zero-order valence-corrected chi connectivity index (χ0v) is 7.14. The van der Waals surface area contributed by atoms with Crippen molar-refractivity contribution >= 4 is 5.97 Å². The van der Waals surface area contributed by atoms with Crippen molar-refractivity contribution in [2.75, 3.05) is 7.11 Å². The second-order valence-electron chi connectivity index (χ2n) is 3.05. The van der Waals surface area contributed by atoms with Gasteiger partial charge in [-0.3, -0.25) is 0 Å². The molecule has 0 bridgehead atoms. The van der Waals surface area contributed by atoms with Crippen LogP contribution in [0.4, 0.5) is 0 Å². The third-order valence-electron chi connectivity index (χ3n) is 2.25. The van der Waals surface area contributed by atoms with Crippen molar-refractivity contribution in [3.63, 3.8) is 0 Å². The Labute approximate surface area is 75.5 Å². The molecule has 4 heteroatoms.